The van der Waals surface area contributed by atoms with Crippen LogP contribution >= 0.6 is 0 Å². The Balaban J connectivity index is 1.77. The van der Waals surface area contributed by atoms with Crippen LogP contribution < -0.4 is 15.4 Å². The van der Waals surface area contributed by atoms with Crippen molar-refractivity contribution in [3.8, 4) is 6.01 Å². The number of aromatic nitrogens is 3. The van der Waals surface area contributed by atoms with Crippen LogP contribution in [0.5, 0.6) is 6.01 Å². The highest BCUT2D eigenvalue weighted by Gasteiger charge is 2.14. The molecule has 2 rings (SSSR count). The molecule has 6 nitrogen and oxygen atoms in total. The lowest BCUT2D eigenvalue weighted by Gasteiger charge is -2.10. The Hall–Kier alpha value is -1.59. The van der Waals surface area contributed by atoms with Crippen molar-refractivity contribution in [2.75, 3.05) is 31.3 Å². The Morgan fingerprint density at radius 1 is 1.16 bits per heavy atom. The zero-order valence-electron chi connectivity index (χ0n) is 11.8. The van der Waals surface area contributed by atoms with Crippen molar-refractivity contribution in [2.24, 2.45) is 5.92 Å². The van der Waals surface area contributed by atoms with E-state index in [1.54, 1.807) is 14.2 Å². The predicted molar refractivity (Wildman–Crippen MR) is 75.6 cm³/mol. The molecule has 0 saturated heterocycles. The molecule has 0 radical (unpaired) electrons. The van der Waals surface area contributed by atoms with Crippen molar-refractivity contribution >= 4 is 11.9 Å². The van der Waals surface area contributed by atoms with E-state index in [0.29, 0.717) is 17.9 Å². The van der Waals surface area contributed by atoms with Gasteiger partial charge in [-0.05, 0) is 18.8 Å². The molecule has 0 atom stereocenters. The number of rotatable bonds is 7. The molecular weight excluding hydrogens is 242 g/mol. The normalized spacial score (nSPS) is 15.5. The molecule has 1 aliphatic carbocycles. The highest BCUT2D eigenvalue weighted by Crippen LogP contribution is 2.28. The molecular formula is C13H23N5O. The standard InChI is InChI=1S/C13H23N5O/c1-14-11-16-12(18-13(17-11)19-2)15-9-5-8-10-6-3-4-7-10/h10H,3-9H2,1-2H3,(H2,14,15,16,17,18). The Labute approximate surface area is 114 Å². The predicted octanol–water partition coefficient (Wildman–Crippen LogP) is 2.30. The summed E-state index contributed by atoms with van der Waals surface area (Å²) < 4.78 is 5.04. The van der Waals surface area contributed by atoms with Gasteiger partial charge in [-0.1, -0.05) is 25.7 Å². The zero-order chi connectivity index (χ0) is 13.5. The van der Waals surface area contributed by atoms with Crippen LogP contribution in [0.2, 0.25) is 0 Å². The van der Waals surface area contributed by atoms with Gasteiger partial charge in [-0.3, -0.25) is 0 Å². The Morgan fingerprint density at radius 2 is 1.89 bits per heavy atom. The van der Waals surface area contributed by atoms with Crippen LogP contribution in [0, 0.1) is 5.92 Å². The largest absolute Gasteiger partial charge is 0.467 e. The minimum Gasteiger partial charge on any atom is -0.467 e. The quantitative estimate of drug-likeness (QED) is 0.737. The Morgan fingerprint density at radius 3 is 2.58 bits per heavy atom. The van der Waals surface area contributed by atoms with Gasteiger partial charge in [-0.15, -0.1) is 0 Å². The number of anilines is 2. The van der Waals surface area contributed by atoms with Gasteiger partial charge in [0.05, 0.1) is 7.11 Å². The van der Waals surface area contributed by atoms with E-state index >= 15 is 0 Å². The van der Waals surface area contributed by atoms with E-state index in [4.69, 9.17) is 4.74 Å². The van der Waals surface area contributed by atoms with Crippen molar-refractivity contribution in [1.82, 2.24) is 15.0 Å². The summed E-state index contributed by atoms with van der Waals surface area (Å²) in [4.78, 5) is 12.5. The van der Waals surface area contributed by atoms with Gasteiger partial charge >= 0.3 is 6.01 Å². The molecule has 0 aromatic carbocycles. The lowest BCUT2D eigenvalue weighted by atomic mass is 10.0. The van der Waals surface area contributed by atoms with Gasteiger partial charge in [0.15, 0.2) is 0 Å². The minimum absolute atomic E-state index is 0.331. The van der Waals surface area contributed by atoms with Crippen LogP contribution in [0.15, 0.2) is 0 Å². The van der Waals surface area contributed by atoms with Crippen LogP contribution in [-0.2, 0) is 0 Å². The molecule has 1 saturated carbocycles. The fourth-order valence-corrected chi connectivity index (χ4v) is 2.53. The topological polar surface area (TPSA) is 72.0 Å². The average Bonchev–Trinajstić information content (AvgIpc) is 2.96. The molecule has 6 heteroatoms. The van der Waals surface area contributed by atoms with Crippen molar-refractivity contribution in [3.63, 3.8) is 0 Å². The maximum absolute atomic E-state index is 5.04. The van der Waals surface area contributed by atoms with Gasteiger partial charge in [-0.2, -0.15) is 15.0 Å². The lowest BCUT2D eigenvalue weighted by molar-refractivity contribution is 0.379. The van der Waals surface area contributed by atoms with Gasteiger partial charge < -0.3 is 15.4 Å². The summed E-state index contributed by atoms with van der Waals surface area (Å²) >= 11 is 0. The lowest BCUT2D eigenvalue weighted by Crippen LogP contribution is -2.10. The Kier molecular flexibility index (Phi) is 5.18. The van der Waals surface area contributed by atoms with Crippen LogP contribution in [0.25, 0.3) is 0 Å². The first-order chi connectivity index (χ1) is 9.31. The van der Waals surface area contributed by atoms with E-state index in [0.717, 1.165) is 18.9 Å². The highest BCUT2D eigenvalue weighted by molar-refractivity contribution is 5.35. The van der Waals surface area contributed by atoms with Gasteiger partial charge in [0, 0.05) is 13.6 Å². The maximum atomic E-state index is 5.04. The minimum atomic E-state index is 0.331. The summed E-state index contributed by atoms with van der Waals surface area (Å²) in [7, 11) is 3.33. The molecule has 19 heavy (non-hydrogen) atoms. The second-order valence-corrected chi connectivity index (χ2v) is 4.94. The van der Waals surface area contributed by atoms with Crippen LogP contribution in [-0.4, -0.2) is 35.7 Å². The van der Waals surface area contributed by atoms with Crippen LogP contribution in [0.4, 0.5) is 11.9 Å². The molecule has 2 N–H and O–H groups in total. The maximum Gasteiger partial charge on any atom is 0.322 e. The van der Waals surface area contributed by atoms with Gasteiger partial charge in [0.25, 0.3) is 0 Å². The Bertz CT molecular complexity index is 370. The number of nitrogens with zero attached hydrogens (tertiary/aromatic N) is 3. The SMILES string of the molecule is CNc1nc(NCCCC2CCCC2)nc(OC)n1. The summed E-state index contributed by atoms with van der Waals surface area (Å²) in [6.07, 6.45) is 8.09. The first-order valence-electron chi connectivity index (χ1n) is 7.03. The van der Waals surface area contributed by atoms with Gasteiger partial charge in [0.1, 0.15) is 0 Å². The summed E-state index contributed by atoms with van der Waals surface area (Å²) in [6.45, 7) is 0.896. The zero-order valence-corrected chi connectivity index (χ0v) is 11.8. The summed E-state index contributed by atoms with van der Waals surface area (Å²) in [6, 6.07) is 0.331. The molecule has 1 aromatic heterocycles. The molecule has 0 aliphatic heterocycles. The average molecular weight is 265 g/mol. The number of hydrogen-bond donors (Lipinski definition) is 2. The van der Waals surface area contributed by atoms with Crippen molar-refractivity contribution < 1.29 is 4.74 Å². The molecule has 106 valence electrons. The molecule has 0 bridgehead atoms. The van der Waals surface area contributed by atoms with Crippen molar-refractivity contribution in [3.05, 3.63) is 0 Å². The molecule has 0 unspecified atom stereocenters. The molecule has 1 heterocycles. The third kappa shape index (κ3) is 4.22. The number of ether oxygens (including phenoxy) is 1. The number of methoxy groups -OCH3 is 1. The van der Waals surface area contributed by atoms with E-state index in [1.165, 1.54) is 32.1 Å². The summed E-state index contributed by atoms with van der Waals surface area (Å²) in [5.74, 6) is 2.02. The van der Waals surface area contributed by atoms with E-state index in [9.17, 15) is 0 Å². The first-order valence-corrected chi connectivity index (χ1v) is 7.03. The monoisotopic (exact) mass is 265 g/mol. The number of nitrogens with one attached hydrogen (secondary N) is 2. The summed E-state index contributed by atoms with van der Waals surface area (Å²) in [5, 5.41) is 6.13. The molecule has 1 aliphatic rings. The molecule has 0 amide bonds. The second kappa shape index (κ2) is 7.11. The number of hydrogen-bond acceptors (Lipinski definition) is 6. The van der Waals surface area contributed by atoms with Crippen LogP contribution in [0.3, 0.4) is 0 Å². The smallest absolute Gasteiger partial charge is 0.322 e. The van der Waals surface area contributed by atoms with Gasteiger partial charge in [-0.25, -0.2) is 0 Å². The molecule has 1 fully saturated rings. The highest BCUT2D eigenvalue weighted by atomic mass is 16.5. The third-order valence-corrected chi connectivity index (χ3v) is 3.57. The fraction of sp³-hybridized carbons (Fsp3) is 0.769. The van der Waals surface area contributed by atoms with E-state index in [1.807, 2.05) is 0 Å². The van der Waals surface area contributed by atoms with E-state index in [2.05, 4.69) is 25.6 Å². The fourth-order valence-electron chi connectivity index (χ4n) is 2.53. The van der Waals surface area contributed by atoms with Crippen molar-refractivity contribution in [2.45, 2.75) is 38.5 Å². The van der Waals surface area contributed by atoms with E-state index in [-0.39, 0.29) is 0 Å². The first kappa shape index (κ1) is 13.8. The second-order valence-electron chi connectivity index (χ2n) is 4.94. The summed E-state index contributed by atoms with van der Waals surface area (Å²) in [5.41, 5.74) is 0. The van der Waals surface area contributed by atoms with Gasteiger partial charge in [0.2, 0.25) is 11.9 Å². The van der Waals surface area contributed by atoms with Crippen LogP contribution in [0.1, 0.15) is 38.5 Å². The molecule has 1 aromatic rings. The third-order valence-electron chi connectivity index (χ3n) is 3.57. The molecule has 0 spiro atoms. The van der Waals surface area contributed by atoms with Crippen molar-refractivity contribution in [1.29, 1.82) is 0 Å². The van der Waals surface area contributed by atoms with E-state index < -0.39 is 0 Å².